The van der Waals surface area contributed by atoms with Gasteiger partial charge in [0.2, 0.25) is 6.20 Å². The van der Waals surface area contributed by atoms with Crippen molar-refractivity contribution in [3.05, 3.63) is 73.2 Å². The van der Waals surface area contributed by atoms with Gasteiger partial charge >= 0.3 is 6.03 Å². The monoisotopic (exact) mass is 488 g/mol. The van der Waals surface area contributed by atoms with Crippen molar-refractivity contribution in [2.75, 3.05) is 13.7 Å². The number of aromatic amines is 1. The number of amides is 4. The van der Waals surface area contributed by atoms with Crippen LogP contribution in [0.2, 0.25) is 0 Å². The zero-order valence-electron chi connectivity index (χ0n) is 19.2. The highest BCUT2D eigenvalue weighted by molar-refractivity contribution is 6.21. The Bertz CT molecular complexity index is 1410. The van der Waals surface area contributed by atoms with E-state index in [1.807, 2.05) is 41.2 Å². The molecule has 0 atom stereocenters. The van der Waals surface area contributed by atoms with Crippen LogP contribution in [0.3, 0.4) is 0 Å². The lowest BCUT2D eigenvalue weighted by Gasteiger charge is -2.34. The predicted octanol–water partition coefficient (Wildman–Crippen LogP) is 2.15. The number of nitrogens with zero attached hydrogens (tertiary/aromatic N) is 2. The number of urea groups is 1. The normalized spacial score (nSPS) is 14.9. The predicted molar refractivity (Wildman–Crippen MR) is 126 cm³/mol. The molecule has 1 aliphatic heterocycles. The largest absolute Gasteiger partial charge is 0.467 e. The van der Waals surface area contributed by atoms with Crippen LogP contribution in [0.25, 0.3) is 16.6 Å². The summed E-state index contributed by atoms with van der Waals surface area (Å²) < 4.78 is 18.7. The van der Waals surface area contributed by atoms with Crippen molar-refractivity contribution in [1.82, 2.24) is 20.7 Å². The molecule has 5 rings (SSSR count). The van der Waals surface area contributed by atoms with Crippen LogP contribution in [0.15, 0.2) is 73.2 Å². The van der Waals surface area contributed by atoms with Crippen LogP contribution in [0.1, 0.15) is 6.42 Å². The van der Waals surface area contributed by atoms with Gasteiger partial charge in [-0.1, -0.05) is 4.68 Å². The third-order valence-electron chi connectivity index (χ3n) is 5.65. The van der Waals surface area contributed by atoms with Crippen molar-refractivity contribution in [3.63, 3.8) is 0 Å². The highest BCUT2D eigenvalue weighted by Gasteiger charge is 2.52. The second kappa shape index (κ2) is 9.47. The molecular weight excluding hydrogens is 466 g/mol. The first-order valence-electron chi connectivity index (χ1n) is 11.0. The third-order valence-corrected chi connectivity index (χ3v) is 5.65. The summed E-state index contributed by atoms with van der Waals surface area (Å²) in [5.41, 5.74) is -0.103. The van der Waals surface area contributed by atoms with E-state index in [1.165, 1.54) is 7.11 Å². The summed E-state index contributed by atoms with van der Waals surface area (Å²) in [6, 6.07) is 15.0. The summed E-state index contributed by atoms with van der Waals surface area (Å²) in [5, 5.41) is 8.39. The fraction of sp³-hybridized carbons (Fsp3) is 0.160. The van der Waals surface area contributed by atoms with E-state index in [9.17, 15) is 14.4 Å². The van der Waals surface area contributed by atoms with Gasteiger partial charge in [0.25, 0.3) is 23.1 Å². The molecule has 3 N–H and O–H groups in total. The summed E-state index contributed by atoms with van der Waals surface area (Å²) in [6.45, 7) is 0.0681. The summed E-state index contributed by atoms with van der Waals surface area (Å²) in [4.78, 5) is 40.7. The molecule has 0 aliphatic carbocycles. The molecular formula is C25H22N5O6+. The lowest BCUT2D eigenvalue weighted by molar-refractivity contribution is -0.653. The molecule has 0 saturated carbocycles. The summed E-state index contributed by atoms with van der Waals surface area (Å²) in [5.74, 6) is -0.309. The zero-order chi connectivity index (χ0) is 25.1. The van der Waals surface area contributed by atoms with Crippen LogP contribution < -0.4 is 24.8 Å². The summed E-state index contributed by atoms with van der Waals surface area (Å²) in [6.07, 6.45) is 5.34. The second-order valence-electron chi connectivity index (χ2n) is 8.05. The van der Waals surface area contributed by atoms with Gasteiger partial charge in [-0.05, 0) is 48.5 Å². The van der Waals surface area contributed by atoms with Gasteiger partial charge in [0.1, 0.15) is 29.0 Å². The zero-order valence-corrected chi connectivity index (χ0v) is 19.2. The number of hydrogen-bond donors (Lipinski definition) is 3. The number of aromatic nitrogens is 3. The van der Waals surface area contributed by atoms with Crippen molar-refractivity contribution in [2.24, 2.45) is 0 Å². The van der Waals surface area contributed by atoms with E-state index in [1.54, 1.807) is 36.7 Å². The van der Waals surface area contributed by atoms with E-state index in [0.717, 1.165) is 16.6 Å². The molecule has 0 bridgehead atoms. The van der Waals surface area contributed by atoms with Crippen molar-refractivity contribution in [3.8, 4) is 22.9 Å². The quantitative estimate of drug-likeness (QED) is 0.255. The van der Waals surface area contributed by atoms with Gasteiger partial charge in [-0.15, -0.1) is 0 Å². The average Bonchev–Trinajstić information content (AvgIpc) is 3.31. The SMILES string of the molecule is COCCC1(Oc2ccc(Oc3ccc4[nH][n+](-c5cccnc5)cc4c3)cc2)C(=O)NC(=O)NC1=O. The fourth-order valence-electron chi connectivity index (χ4n) is 3.82. The summed E-state index contributed by atoms with van der Waals surface area (Å²) >= 11 is 0. The Morgan fingerprint density at radius 3 is 2.36 bits per heavy atom. The fourth-order valence-corrected chi connectivity index (χ4v) is 3.82. The van der Waals surface area contributed by atoms with Gasteiger partial charge < -0.3 is 14.2 Å². The second-order valence-corrected chi connectivity index (χ2v) is 8.05. The van der Waals surface area contributed by atoms with E-state index in [2.05, 4.69) is 20.7 Å². The highest BCUT2D eigenvalue weighted by Crippen LogP contribution is 2.29. The van der Waals surface area contributed by atoms with Gasteiger partial charge in [-0.3, -0.25) is 25.2 Å². The summed E-state index contributed by atoms with van der Waals surface area (Å²) in [7, 11) is 1.44. The Balaban J connectivity index is 1.33. The van der Waals surface area contributed by atoms with Gasteiger partial charge in [-0.25, -0.2) is 4.79 Å². The number of imide groups is 2. The molecule has 36 heavy (non-hydrogen) atoms. The van der Waals surface area contributed by atoms with Crippen LogP contribution >= 0.6 is 0 Å². The minimum Gasteiger partial charge on any atom is -0.467 e. The Morgan fingerprint density at radius 1 is 0.944 bits per heavy atom. The molecule has 11 heteroatoms. The van der Waals surface area contributed by atoms with Crippen LogP contribution in [0.5, 0.6) is 17.2 Å². The number of ether oxygens (including phenoxy) is 3. The van der Waals surface area contributed by atoms with Crippen molar-refractivity contribution >= 4 is 28.7 Å². The number of hydrogen-bond acceptors (Lipinski definition) is 7. The number of methoxy groups -OCH3 is 1. The molecule has 0 unspecified atom stereocenters. The first-order valence-corrected chi connectivity index (χ1v) is 11.0. The molecule has 182 valence electrons. The Kier molecular flexibility index (Phi) is 6.05. The van der Waals surface area contributed by atoms with Gasteiger partial charge in [-0.2, -0.15) is 5.10 Å². The number of rotatable bonds is 8. The first-order chi connectivity index (χ1) is 17.5. The van der Waals surface area contributed by atoms with E-state index in [0.29, 0.717) is 11.5 Å². The molecule has 1 fully saturated rings. The number of carbonyl (C=O) groups is 3. The third kappa shape index (κ3) is 4.46. The number of pyridine rings is 1. The van der Waals surface area contributed by atoms with Crippen molar-refractivity contribution in [1.29, 1.82) is 0 Å². The lowest BCUT2D eigenvalue weighted by atomic mass is 9.95. The number of nitrogens with one attached hydrogen (secondary N) is 3. The first kappa shape index (κ1) is 23.0. The Morgan fingerprint density at radius 2 is 1.67 bits per heavy atom. The van der Waals surface area contributed by atoms with Gasteiger partial charge in [0.15, 0.2) is 0 Å². The van der Waals surface area contributed by atoms with Crippen molar-refractivity contribution in [2.45, 2.75) is 12.0 Å². The van der Waals surface area contributed by atoms with E-state index >= 15 is 0 Å². The maximum absolute atomic E-state index is 12.5. The lowest BCUT2D eigenvalue weighted by Crippen LogP contribution is -2.69. The van der Waals surface area contributed by atoms with Crippen LogP contribution in [-0.4, -0.2) is 47.2 Å². The average molecular weight is 488 g/mol. The molecule has 2 aromatic carbocycles. The molecule has 2 aromatic heterocycles. The smallest absolute Gasteiger partial charge is 0.328 e. The van der Waals surface area contributed by atoms with Crippen LogP contribution in [-0.2, 0) is 14.3 Å². The Labute approximate surface area is 205 Å². The highest BCUT2D eigenvalue weighted by atomic mass is 16.5. The number of H-pyrrole nitrogens is 1. The standard InChI is InChI=1S/C25H21N5O6/c1-34-12-10-25(22(31)27-24(33)28-23(25)32)36-19-6-4-18(5-7-19)35-20-8-9-21-16(13-20)15-30(29-21)17-3-2-11-26-14-17/h2-9,11,13-15H,10,12H2,1H3,(H2,27,28,31,32,33)/p+1. The molecule has 0 radical (unpaired) electrons. The molecule has 1 aliphatic rings. The maximum atomic E-state index is 12.5. The van der Waals surface area contributed by atoms with Crippen LogP contribution in [0, 0.1) is 0 Å². The minimum absolute atomic E-state index is 0.0681. The number of benzene rings is 2. The van der Waals surface area contributed by atoms with E-state index < -0.39 is 23.4 Å². The molecule has 3 heterocycles. The maximum Gasteiger partial charge on any atom is 0.328 e. The van der Waals surface area contributed by atoms with Crippen LogP contribution in [0.4, 0.5) is 4.79 Å². The molecule has 0 spiro atoms. The molecule has 4 amide bonds. The van der Waals surface area contributed by atoms with Crippen molar-refractivity contribution < 1.29 is 33.3 Å². The van der Waals surface area contributed by atoms with E-state index in [-0.39, 0.29) is 18.8 Å². The topological polar surface area (TPSA) is 136 Å². The van der Waals surface area contributed by atoms with Gasteiger partial charge in [0.05, 0.1) is 12.0 Å². The number of carbonyl (C=O) groups excluding carboxylic acids is 3. The molecule has 1 saturated heterocycles. The van der Waals surface area contributed by atoms with E-state index in [4.69, 9.17) is 14.2 Å². The molecule has 11 nitrogen and oxygen atoms in total. The number of fused-ring (bicyclic) bond motifs is 1. The Hall–Kier alpha value is -4.77. The van der Waals surface area contributed by atoms with Gasteiger partial charge in [0, 0.05) is 25.8 Å². The minimum atomic E-state index is -1.94. The number of barbiturate groups is 1. The molecule has 4 aromatic rings.